The summed E-state index contributed by atoms with van der Waals surface area (Å²) in [5, 5.41) is 15.3. The van der Waals surface area contributed by atoms with Gasteiger partial charge in [0.15, 0.2) is 15.6 Å². The molecule has 0 amide bonds. The van der Waals surface area contributed by atoms with Gasteiger partial charge in [0.2, 0.25) is 0 Å². The number of furan rings is 1. The first-order valence-electron chi connectivity index (χ1n) is 7.19. The lowest BCUT2D eigenvalue weighted by molar-refractivity contribution is -0.402. The van der Waals surface area contributed by atoms with Crippen LogP contribution in [0.2, 0.25) is 0 Å². The first kappa shape index (κ1) is 9.08. The van der Waals surface area contributed by atoms with E-state index in [9.17, 15) is 18.5 Å². The van der Waals surface area contributed by atoms with E-state index in [1.165, 1.54) is 13.0 Å². The molecule has 104 valence electrons. The van der Waals surface area contributed by atoms with E-state index in [2.05, 4.69) is 5.10 Å². The highest BCUT2D eigenvalue weighted by Gasteiger charge is 2.27. The summed E-state index contributed by atoms with van der Waals surface area (Å²) in [6.45, 7) is 0.587. The van der Waals surface area contributed by atoms with E-state index in [0.717, 1.165) is 17.3 Å². The Bertz CT molecular complexity index is 760. The Morgan fingerprint density at radius 3 is 3.05 bits per heavy atom. The maximum atomic E-state index is 11.9. The van der Waals surface area contributed by atoms with Gasteiger partial charge in [0, 0.05) is 5.48 Å². The van der Waals surface area contributed by atoms with E-state index < -0.39 is 44.6 Å². The zero-order valence-electron chi connectivity index (χ0n) is 13.8. The van der Waals surface area contributed by atoms with Gasteiger partial charge in [-0.15, -0.1) is 0 Å². The van der Waals surface area contributed by atoms with Crippen molar-refractivity contribution in [2.45, 2.75) is 13.0 Å². The van der Waals surface area contributed by atoms with Crippen molar-refractivity contribution in [2.75, 3.05) is 18.0 Å². The molecule has 2 rings (SSSR count). The Hall–Kier alpha value is -1.90. The van der Waals surface area contributed by atoms with Gasteiger partial charge >= 0.3 is 5.88 Å². The monoisotopic (exact) mass is 291 g/mol. The van der Waals surface area contributed by atoms with Gasteiger partial charge in [-0.05, 0) is 13.0 Å². The van der Waals surface area contributed by atoms with Crippen molar-refractivity contribution in [1.29, 1.82) is 0 Å². The van der Waals surface area contributed by atoms with Crippen LogP contribution in [0.5, 0.6) is 0 Å². The van der Waals surface area contributed by atoms with E-state index in [4.69, 9.17) is 9.90 Å². The van der Waals surface area contributed by atoms with Crippen LogP contribution in [-0.4, -0.2) is 48.6 Å². The summed E-state index contributed by atoms with van der Waals surface area (Å²) in [5.74, 6) is -0.509. The molecule has 1 atom stereocenters. The van der Waals surface area contributed by atoms with Crippen LogP contribution in [0, 0.1) is 10.1 Å². The van der Waals surface area contributed by atoms with E-state index in [1.807, 2.05) is 0 Å². The number of hydrogen-bond acceptors (Lipinski definition) is 7. The van der Waals surface area contributed by atoms with Gasteiger partial charge in [-0.1, -0.05) is 0 Å². The molecule has 0 aromatic carbocycles. The van der Waals surface area contributed by atoms with Gasteiger partial charge in [-0.2, -0.15) is 5.10 Å². The Balaban J connectivity index is 2.29. The molecule has 1 aliphatic heterocycles. The van der Waals surface area contributed by atoms with Crippen molar-refractivity contribution < 1.29 is 23.2 Å². The summed E-state index contributed by atoms with van der Waals surface area (Å²) in [7, 11) is -4.67. The molecule has 0 saturated carbocycles. The molecule has 0 N–H and O–H groups in total. The minimum Gasteiger partial charge on any atom is -0.400 e. The third kappa shape index (κ3) is 3.31. The molecule has 1 saturated heterocycles. The van der Waals surface area contributed by atoms with Crippen molar-refractivity contribution in [3.05, 3.63) is 28.0 Å². The fourth-order valence-electron chi connectivity index (χ4n) is 1.40. The van der Waals surface area contributed by atoms with Crippen LogP contribution in [0.1, 0.15) is 18.2 Å². The minimum absolute atomic E-state index is 0.00143. The fourth-order valence-corrected chi connectivity index (χ4v) is 2.35. The molecule has 19 heavy (non-hydrogen) atoms. The number of hydrogen-bond donors (Lipinski definition) is 0. The summed E-state index contributed by atoms with van der Waals surface area (Å²) in [6, 6.07) is 1.11. The molecule has 1 fully saturated rings. The van der Waals surface area contributed by atoms with Gasteiger partial charge in [-0.3, -0.25) is 15.1 Å². The minimum atomic E-state index is -4.67. The molecule has 1 aliphatic rings. The standard InChI is InChI=1S/C10H13N3O5S/c1-8-7-19(16,17)5-4-12(8)11-6-9-2-3-10(18-9)13(14)15/h2-3,6,8H,4-5,7H2,1H3/b11-6+/i5D2,7D2. The number of sulfone groups is 1. The Morgan fingerprint density at radius 1 is 1.68 bits per heavy atom. The largest absolute Gasteiger partial charge is 0.433 e. The van der Waals surface area contributed by atoms with E-state index in [1.54, 1.807) is 0 Å². The third-order valence-electron chi connectivity index (χ3n) is 2.32. The van der Waals surface area contributed by atoms with Crippen molar-refractivity contribution in [3.8, 4) is 0 Å². The second kappa shape index (κ2) is 5.00. The predicted molar refractivity (Wildman–Crippen MR) is 67.8 cm³/mol. The normalized spacial score (nSPS) is 31.2. The zero-order valence-corrected chi connectivity index (χ0v) is 10.6. The lowest BCUT2D eigenvalue weighted by Gasteiger charge is -2.30. The Morgan fingerprint density at radius 2 is 2.42 bits per heavy atom. The first-order chi connectivity index (χ1) is 10.4. The van der Waals surface area contributed by atoms with Crippen LogP contribution < -0.4 is 0 Å². The molecule has 9 heteroatoms. The summed E-state index contributed by atoms with van der Waals surface area (Å²) in [4.78, 5) is 9.76. The van der Waals surface area contributed by atoms with Crippen LogP contribution in [-0.2, 0) is 9.84 Å². The molecular weight excluding hydrogens is 274 g/mol. The lowest BCUT2D eigenvalue weighted by Crippen LogP contribution is -2.43. The van der Waals surface area contributed by atoms with Crippen LogP contribution in [0.3, 0.4) is 0 Å². The highest BCUT2D eigenvalue weighted by atomic mass is 32.2. The van der Waals surface area contributed by atoms with Gasteiger partial charge in [0.25, 0.3) is 0 Å². The molecule has 8 nitrogen and oxygen atoms in total. The number of rotatable bonds is 3. The van der Waals surface area contributed by atoms with E-state index in [0.29, 0.717) is 0 Å². The average Bonchev–Trinajstić information content (AvgIpc) is 2.90. The van der Waals surface area contributed by atoms with Crippen LogP contribution in [0.4, 0.5) is 5.88 Å². The maximum Gasteiger partial charge on any atom is 0.433 e. The number of nitro groups is 1. The van der Waals surface area contributed by atoms with Crippen molar-refractivity contribution in [2.24, 2.45) is 5.10 Å². The Kier molecular flexibility index (Phi) is 2.39. The second-order valence-corrected chi connectivity index (χ2v) is 5.25. The zero-order chi connectivity index (χ0) is 17.6. The topological polar surface area (TPSA) is 106 Å². The molecule has 0 bridgehead atoms. The molecule has 2 heterocycles. The average molecular weight is 291 g/mol. The van der Waals surface area contributed by atoms with Gasteiger partial charge in [0.1, 0.15) is 4.92 Å². The third-order valence-corrected chi connectivity index (χ3v) is 3.48. The van der Waals surface area contributed by atoms with Gasteiger partial charge < -0.3 is 4.42 Å². The van der Waals surface area contributed by atoms with Crippen LogP contribution >= 0.6 is 0 Å². The molecule has 0 spiro atoms. The highest BCUT2D eigenvalue weighted by Crippen LogP contribution is 2.15. The fraction of sp³-hybridized carbons (Fsp3) is 0.500. The molecule has 0 radical (unpaired) electrons. The lowest BCUT2D eigenvalue weighted by atomic mass is 10.4. The predicted octanol–water partition coefficient (Wildman–Crippen LogP) is 0.641. The van der Waals surface area contributed by atoms with E-state index >= 15 is 0 Å². The number of nitrogens with zero attached hydrogens (tertiary/aromatic N) is 3. The summed E-state index contributed by atoms with van der Waals surface area (Å²) in [6.07, 6.45) is 1.04. The molecular formula is C10H13N3O5S. The van der Waals surface area contributed by atoms with Crippen LogP contribution in [0.25, 0.3) is 0 Å². The van der Waals surface area contributed by atoms with E-state index in [-0.39, 0.29) is 5.76 Å². The Labute approximate surface area is 115 Å². The molecule has 1 aromatic rings. The van der Waals surface area contributed by atoms with Crippen LogP contribution in [0.15, 0.2) is 21.7 Å². The smallest absolute Gasteiger partial charge is 0.400 e. The van der Waals surface area contributed by atoms with Gasteiger partial charge in [0.05, 0.1) is 36.3 Å². The first-order valence-corrected chi connectivity index (χ1v) is 6.67. The van der Waals surface area contributed by atoms with Crippen molar-refractivity contribution in [1.82, 2.24) is 5.01 Å². The summed E-state index contributed by atoms with van der Waals surface area (Å²) >= 11 is 0. The van der Waals surface area contributed by atoms with Crippen molar-refractivity contribution in [3.63, 3.8) is 0 Å². The highest BCUT2D eigenvalue weighted by molar-refractivity contribution is 7.91. The summed E-state index contributed by atoms with van der Waals surface area (Å²) in [5.41, 5.74) is -5.67. The SMILES string of the molecule is [2H]C1([2H])CN(/N=C/c2ccc([N+](=O)[O-])o2)C(C)C([2H])([2H])S1(=O)=O. The van der Waals surface area contributed by atoms with Gasteiger partial charge in [-0.25, -0.2) is 8.42 Å². The quantitative estimate of drug-likeness (QED) is 0.459. The molecule has 1 unspecified atom stereocenters. The summed E-state index contributed by atoms with van der Waals surface area (Å²) < 4.78 is 59.2. The molecule has 1 aromatic heterocycles. The second-order valence-electron chi connectivity index (χ2n) is 3.72. The number of hydrazone groups is 1. The maximum absolute atomic E-state index is 11.9. The van der Waals surface area contributed by atoms with Crippen molar-refractivity contribution >= 4 is 21.9 Å². The molecule has 0 aliphatic carbocycles.